The maximum atomic E-state index is 13.7. The molecule has 4 amide bonds. The highest BCUT2D eigenvalue weighted by atomic mass is 16.5. The van der Waals surface area contributed by atoms with Crippen LogP contribution in [0, 0.1) is 11.8 Å². The molecule has 5 N–H and O–H groups in total. The third-order valence-electron chi connectivity index (χ3n) is 11.2. The molecular formula is C44H52N8O6. The number of rotatable bonds is 12. The number of fused-ring (bicyclic) bond motifs is 4. The van der Waals surface area contributed by atoms with Crippen LogP contribution in [0.3, 0.4) is 0 Å². The molecule has 2 aromatic heterocycles. The van der Waals surface area contributed by atoms with E-state index in [-0.39, 0.29) is 29.7 Å². The van der Waals surface area contributed by atoms with Gasteiger partial charge in [0.1, 0.15) is 23.7 Å². The number of carbonyl (C=O) groups excluding carboxylic acids is 4. The second-order valence-electron chi connectivity index (χ2n) is 15.8. The number of H-pyrrole nitrogens is 2. The number of ether oxygens (including phenoxy) is 2. The van der Waals surface area contributed by atoms with Gasteiger partial charge in [0.25, 0.3) is 0 Å². The van der Waals surface area contributed by atoms with Gasteiger partial charge in [-0.15, -0.1) is 0 Å². The molecule has 0 saturated carbocycles. The first-order chi connectivity index (χ1) is 27.9. The molecule has 0 bridgehead atoms. The number of nitrogens with one attached hydrogen (secondary N) is 5. The van der Waals surface area contributed by atoms with E-state index < -0.39 is 24.3 Å². The number of nitrogens with zero attached hydrogens (tertiary/aromatic N) is 3. The fraction of sp³-hybridized carbons (Fsp3) is 0.409. The normalized spacial score (nSPS) is 15.8. The number of alkyl carbamates (subject to hydrolysis) is 2. The van der Waals surface area contributed by atoms with Crippen LogP contribution in [-0.4, -0.2) is 88.2 Å². The summed E-state index contributed by atoms with van der Waals surface area (Å²) in [6.07, 6.45) is 2.63. The highest BCUT2D eigenvalue weighted by Gasteiger charge is 2.38. The Labute approximate surface area is 337 Å². The Balaban J connectivity index is 1.01. The Hall–Kier alpha value is -6.18. The van der Waals surface area contributed by atoms with Gasteiger partial charge in [0, 0.05) is 30.8 Å². The molecule has 3 aromatic carbocycles. The molecule has 1 aliphatic carbocycles. The van der Waals surface area contributed by atoms with Crippen molar-refractivity contribution in [2.45, 2.75) is 77.9 Å². The number of aromatic nitrogens is 4. The zero-order valence-electron chi connectivity index (χ0n) is 33.9. The van der Waals surface area contributed by atoms with Crippen LogP contribution in [0.5, 0.6) is 0 Å². The average molecular weight is 789 g/mol. The third-order valence-corrected chi connectivity index (χ3v) is 11.2. The molecule has 1 saturated heterocycles. The van der Waals surface area contributed by atoms with Gasteiger partial charge < -0.3 is 40.3 Å². The number of aromatic amines is 2. The van der Waals surface area contributed by atoms with E-state index in [4.69, 9.17) is 14.7 Å². The van der Waals surface area contributed by atoms with Gasteiger partial charge in [0.2, 0.25) is 11.8 Å². The van der Waals surface area contributed by atoms with E-state index in [9.17, 15) is 19.2 Å². The van der Waals surface area contributed by atoms with Gasteiger partial charge in [-0.3, -0.25) is 9.59 Å². The van der Waals surface area contributed by atoms with Crippen LogP contribution < -0.4 is 16.0 Å². The summed E-state index contributed by atoms with van der Waals surface area (Å²) < 4.78 is 9.44. The molecule has 7 rings (SSSR count). The maximum Gasteiger partial charge on any atom is 0.407 e. The van der Waals surface area contributed by atoms with Crippen LogP contribution in [0.1, 0.15) is 69.5 Å². The second-order valence-corrected chi connectivity index (χ2v) is 15.8. The molecule has 1 fully saturated rings. The number of amides is 4. The lowest BCUT2D eigenvalue weighted by atomic mass is 9.89. The van der Waals surface area contributed by atoms with Crippen molar-refractivity contribution in [3.05, 3.63) is 83.6 Å². The molecule has 1 aliphatic heterocycles. The molecule has 2 aliphatic rings. The van der Waals surface area contributed by atoms with Crippen LogP contribution in [-0.2, 0) is 38.3 Å². The SMILES string of the molecule is COC(=O)NC(C(=O)NCCc1nc2ccc(-c3ccc(-c4ccc5c(c4)CCc4[nH]c(C6CCCN6C(=O)C(NC(=O)OC)C(C)C)nc4-5)cc3)cc2[nH]1)C(C)C. The first-order valence-corrected chi connectivity index (χ1v) is 20.0. The van der Waals surface area contributed by atoms with Crippen LogP contribution in [0.15, 0.2) is 60.7 Å². The van der Waals surface area contributed by atoms with Crippen molar-refractivity contribution >= 4 is 35.0 Å². The van der Waals surface area contributed by atoms with Gasteiger partial charge in [-0.2, -0.15) is 0 Å². The monoisotopic (exact) mass is 788 g/mol. The topological polar surface area (TPSA) is 183 Å². The van der Waals surface area contributed by atoms with E-state index >= 15 is 0 Å². The van der Waals surface area contributed by atoms with Gasteiger partial charge in [0.05, 0.1) is 37.0 Å². The number of imidazole rings is 2. The third kappa shape index (κ3) is 8.41. The van der Waals surface area contributed by atoms with Crippen molar-refractivity contribution in [3.8, 4) is 33.5 Å². The van der Waals surface area contributed by atoms with Crippen molar-refractivity contribution in [1.29, 1.82) is 0 Å². The lowest BCUT2D eigenvalue weighted by Gasteiger charge is -2.30. The summed E-state index contributed by atoms with van der Waals surface area (Å²) in [4.78, 5) is 68.7. The van der Waals surface area contributed by atoms with Crippen LogP contribution in [0.25, 0.3) is 44.5 Å². The van der Waals surface area contributed by atoms with Crippen molar-refractivity contribution in [1.82, 2.24) is 40.8 Å². The Kier molecular flexibility index (Phi) is 11.8. The quantitative estimate of drug-likeness (QED) is 0.0953. The molecule has 14 heteroatoms. The van der Waals surface area contributed by atoms with E-state index in [1.807, 2.05) is 38.7 Å². The minimum Gasteiger partial charge on any atom is -0.453 e. The lowest BCUT2D eigenvalue weighted by Crippen LogP contribution is -2.51. The van der Waals surface area contributed by atoms with Crippen LogP contribution in [0.2, 0.25) is 0 Å². The highest BCUT2D eigenvalue weighted by molar-refractivity contribution is 5.87. The Morgan fingerprint density at radius 3 is 2.10 bits per heavy atom. The van der Waals surface area contributed by atoms with E-state index in [1.165, 1.54) is 19.8 Å². The van der Waals surface area contributed by atoms with E-state index in [0.29, 0.717) is 19.5 Å². The molecule has 14 nitrogen and oxygen atoms in total. The number of likely N-dealkylation sites (tertiary alicyclic amines) is 1. The Bertz CT molecular complexity index is 2310. The summed E-state index contributed by atoms with van der Waals surface area (Å²) in [5.74, 6) is 0.969. The fourth-order valence-corrected chi connectivity index (χ4v) is 8.01. The molecule has 58 heavy (non-hydrogen) atoms. The first kappa shape index (κ1) is 40.0. The van der Waals surface area contributed by atoms with E-state index in [1.54, 1.807) is 0 Å². The van der Waals surface area contributed by atoms with Crippen molar-refractivity contribution in [2.24, 2.45) is 11.8 Å². The minimum atomic E-state index is -0.693. The number of methoxy groups -OCH3 is 2. The van der Waals surface area contributed by atoms with Gasteiger partial charge in [-0.25, -0.2) is 19.6 Å². The summed E-state index contributed by atoms with van der Waals surface area (Å²) in [5, 5.41) is 8.21. The molecule has 304 valence electrons. The zero-order chi connectivity index (χ0) is 41.1. The summed E-state index contributed by atoms with van der Waals surface area (Å²) in [6.45, 7) is 8.53. The summed E-state index contributed by atoms with van der Waals surface area (Å²) in [6, 6.07) is 19.7. The molecule has 3 unspecified atom stereocenters. The maximum absolute atomic E-state index is 13.7. The number of hydrogen-bond acceptors (Lipinski definition) is 8. The van der Waals surface area contributed by atoms with Crippen LogP contribution in [0.4, 0.5) is 9.59 Å². The largest absolute Gasteiger partial charge is 0.453 e. The summed E-state index contributed by atoms with van der Waals surface area (Å²) in [7, 11) is 2.57. The molecular weight excluding hydrogens is 737 g/mol. The van der Waals surface area contributed by atoms with Gasteiger partial charge >= 0.3 is 12.2 Å². The average Bonchev–Trinajstić information content (AvgIpc) is 3.99. The molecule has 0 spiro atoms. The number of hydrogen-bond donors (Lipinski definition) is 5. The predicted octanol–water partition coefficient (Wildman–Crippen LogP) is 6.47. The zero-order valence-corrected chi connectivity index (χ0v) is 33.9. The molecule has 5 aromatic rings. The molecule has 3 heterocycles. The van der Waals surface area contributed by atoms with Crippen molar-refractivity contribution in [2.75, 3.05) is 27.3 Å². The molecule has 0 radical (unpaired) electrons. The van der Waals surface area contributed by atoms with Gasteiger partial charge in [0.15, 0.2) is 0 Å². The van der Waals surface area contributed by atoms with Crippen molar-refractivity contribution in [3.63, 3.8) is 0 Å². The number of carbonyl (C=O) groups is 4. The van der Waals surface area contributed by atoms with Gasteiger partial charge in [-0.05, 0) is 77.5 Å². The standard InChI is InChI=1S/C44H52N8O6/c1-24(2)37(50-43(55)57-5)41(53)45-20-19-36-46-32-17-14-29(23-34(32)47-36)27-11-9-26(10-12-27)28-13-16-31-30(22-28)15-18-33-39(31)49-40(48-33)35-8-7-21-52(35)42(54)38(25(3)4)51-44(56)58-6/h9-14,16-17,22-25,35,37-38H,7-8,15,18-21H2,1-6H3,(H,45,53)(H,46,47)(H,48,49)(H,50,55)(H,51,56). The fourth-order valence-electron chi connectivity index (χ4n) is 8.01. The smallest absolute Gasteiger partial charge is 0.407 e. The van der Waals surface area contributed by atoms with Crippen LogP contribution >= 0.6 is 0 Å². The summed E-state index contributed by atoms with van der Waals surface area (Å²) in [5.41, 5.74) is 10.5. The Morgan fingerprint density at radius 1 is 0.793 bits per heavy atom. The Morgan fingerprint density at radius 2 is 1.43 bits per heavy atom. The lowest BCUT2D eigenvalue weighted by molar-refractivity contribution is -0.135. The number of benzene rings is 3. The predicted molar refractivity (Wildman–Crippen MR) is 221 cm³/mol. The first-order valence-electron chi connectivity index (χ1n) is 20.0. The molecule has 3 atom stereocenters. The van der Waals surface area contributed by atoms with Crippen molar-refractivity contribution < 1.29 is 28.7 Å². The summed E-state index contributed by atoms with van der Waals surface area (Å²) >= 11 is 0. The van der Waals surface area contributed by atoms with E-state index in [0.717, 1.165) is 87.6 Å². The number of aryl methyl sites for hydroxylation is 2. The highest BCUT2D eigenvalue weighted by Crippen LogP contribution is 2.39. The van der Waals surface area contributed by atoms with E-state index in [2.05, 4.69) is 85.3 Å². The van der Waals surface area contributed by atoms with Gasteiger partial charge in [-0.1, -0.05) is 76.2 Å². The second kappa shape index (κ2) is 17.1. The minimum absolute atomic E-state index is 0.0975.